The van der Waals surface area contributed by atoms with Crippen LogP contribution in [0.15, 0.2) is 23.3 Å². The van der Waals surface area contributed by atoms with Crippen molar-refractivity contribution in [2.45, 2.75) is 107 Å². The Labute approximate surface area is 197 Å². The van der Waals surface area contributed by atoms with Crippen LogP contribution in [-0.2, 0) is 9.59 Å². The van der Waals surface area contributed by atoms with Gasteiger partial charge in [-0.2, -0.15) is 0 Å². The zero-order valence-electron chi connectivity index (χ0n) is 22.8. The molecule has 0 saturated heterocycles. The second-order valence-corrected chi connectivity index (χ2v) is 14.0. The fourth-order valence-electron chi connectivity index (χ4n) is 5.10. The first-order chi connectivity index (χ1) is 14.1. The topological polar surface area (TPSA) is 86.2 Å². The van der Waals surface area contributed by atoms with Gasteiger partial charge in [0.05, 0.1) is 11.8 Å². The standard InChI is InChI=1S/C28H50N2O2/c1-23(2,3)19-13-15-28(30,26(10,11)12)22(18-32)20(24(4,5)6)14-16-27(29,21(19)17-31)25(7,8)9/h13-14,17-18,21-22H,15-16,29-30H2,1-12H3/b19-13+,20-14+/t21?,22?,27-,28+. The van der Waals surface area contributed by atoms with Gasteiger partial charge in [-0.05, 0) is 34.5 Å². The Morgan fingerprint density at radius 3 is 1.06 bits per heavy atom. The Hall–Kier alpha value is -1.26. The van der Waals surface area contributed by atoms with E-state index in [1.54, 1.807) is 0 Å². The Balaban J connectivity index is 4.11. The number of hydrogen-bond donors (Lipinski definition) is 2. The van der Waals surface area contributed by atoms with Gasteiger partial charge in [-0.1, -0.05) is 106 Å². The van der Waals surface area contributed by atoms with Crippen LogP contribution in [0.2, 0.25) is 0 Å². The summed E-state index contributed by atoms with van der Waals surface area (Å²) in [6.07, 6.45) is 7.29. The molecule has 1 aliphatic rings. The van der Waals surface area contributed by atoms with E-state index < -0.39 is 22.9 Å². The molecule has 0 radical (unpaired) electrons. The smallest absolute Gasteiger partial charge is 0.129 e. The van der Waals surface area contributed by atoms with Crippen LogP contribution >= 0.6 is 0 Å². The molecule has 0 aromatic rings. The fraction of sp³-hybridized carbons (Fsp3) is 0.786. The van der Waals surface area contributed by atoms with Crippen molar-refractivity contribution in [2.24, 2.45) is 45.0 Å². The highest BCUT2D eigenvalue weighted by atomic mass is 16.1. The van der Waals surface area contributed by atoms with E-state index in [-0.39, 0.29) is 21.7 Å². The molecule has 0 aromatic heterocycles. The number of nitrogens with two attached hydrogens (primary N) is 2. The van der Waals surface area contributed by atoms with Gasteiger partial charge in [-0.25, -0.2) is 0 Å². The van der Waals surface area contributed by atoms with Crippen molar-refractivity contribution in [3.63, 3.8) is 0 Å². The quantitative estimate of drug-likeness (QED) is 0.412. The van der Waals surface area contributed by atoms with E-state index >= 15 is 0 Å². The van der Waals surface area contributed by atoms with Crippen molar-refractivity contribution in [2.75, 3.05) is 0 Å². The molecule has 0 spiro atoms. The Bertz CT molecular complexity index is 699. The maximum absolute atomic E-state index is 12.7. The molecule has 4 N–H and O–H groups in total. The molecule has 4 atom stereocenters. The average Bonchev–Trinajstić information content (AvgIpc) is 2.56. The van der Waals surface area contributed by atoms with Gasteiger partial charge in [0.2, 0.25) is 0 Å². The SMILES string of the molecule is CC(C)(C)/C1=C/C[C@@](N)(C(C)(C)C)C(C=O)/C(C(C)(C)C)=C\C[C@](N)(C(C)(C)C)C1C=O. The lowest BCUT2D eigenvalue weighted by molar-refractivity contribution is -0.115. The summed E-state index contributed by atoms with van der Waals surface area (Å²) in [5, 5.41) is 0. The van der Waals surface area contributed by atoms with Crippen molar-refractivity contribution in [1.82, 2.24) is 0 Å². The van der Waals surface area contributed by atoms with Crippen molar-refractivity contribution >= 4 is 12.6 Å². The van der Waals surface area contributed by atoms with Gasteiger partial charge in [-0.3, -0.25) is 0 Å². The van der Waals surface area contributed by atoms with Crippen LogP contribution in [-0.4, -0.2) is 23.7 Å². The number of aldehydes is 2. The van der Waals surface area contributed by atoms with Gasteiger partial charge in [-0.15, -0.1) is 0 Å². The molecule has 2 unspecified atom stereocenters. The lowest BCUT2D eigenvalue weighted by Gasteiger charge is -2.52. The normalized spacial score (nSPS) is 34.7. The third-order valence-corrected chi connectivity index (χ3v) is 7.90. The summed E-state index contributed by atoms with van der Waals surface area (Å²) < 4.78 is 0. The van der Waals surface area contributed by atoms with E-state index in [9.17, 15) is 9.59 Å². The lowest BCUT2D eigenvalue weighted by atomic mass is 9.56. The van der Waals surface area contributed by atoms with Gasteiger partial charge in [0, 0.05) is 11.1 Å². The summed E-state index contributed by atoms with van der Waals surface area (Å²) >= 11 is 0. The minimum atomic E-state index is -0.811. The average molecular weight is 447 g/mol. The predicted molar refractivity (Wildman–Crippen MR) is 136 cm³/mol. The number of carbonyl (C=O) groups excluding carboxylic acids is 2. The van der Waals surface area contributed by atoms with E-state index in [0.29, 0.717) is 12.8 Å². The molecule has 1 rings (SSSR count). The van der Waals surface area contributed by atoms with Crippen molar-refractivity contribution in [1.29, 1.82) is 0 Å². The second kappa shape index (κ2) is 8.83. The molecule has 0 heterocycles. The molecule has 0 saturated carbocycles. The monoisotopic (exact) mass is 446 g/mol. The fourth-order valence-corrected chi connectivity index (χ4v) is 5.10. The van der Waals surface area contributed by atoms with E-state index in [4.69, 9.17) is 11.5 Å². The van der Waals surface area contributed by atoms with Gasteiger partial charge >= 0.3 is 0 Å². The summed E-state index contributed by atoms with van der Waals surface area (Å²) in [4.78, 5) is 25.3. The van der Waals surface area contributed by atoms with E-state index in [2.05, 4.69) is 95.2 Å². The van der Waals surface area contributed by atoms with Gasteiger partial charge in [0.1, 0.15) is 12.6 Å². The molecule has 0 aromatic carbocycles. The Morgan fingerprint density at radius 1 is 0.656 bits per heavy atom. The molecular weight excluding hydrogens is 396 g/mol. The molecule has 0 bridgehead atoms. The van der Waals surface area contributed by atoms with Crippen molar-refractivity contribution < 1.29 is 9.59 Å². The van der Waals surface area contributed by atoms with Gasteiger partial charge in [0.25, 0.3) is 0 Å². The molecule has 0 fully saturated rings. The molecule has 4 heteroatoms. The lowest BCUT2D eigenvalue weighted by Crippen LogP contribution is -2.61. The summed E-state index contributed by atoms with van der Waals surface area (Å²) in [5.41, 5.74) is 13.5. The highest BCUT2D eigenvalue weighted by Crippen LogP contribution is 2.50. The van der Waals surface area contributed by atoms with Crippen LogP contribution < -0.4 is 11.5 Å². The van der Waals surface area contributed by atoms with E-state index in [1.807, 2.05) is 0 Å². The number of rotatable bonds is 2. The van der Waals surface area contributed by atoms with Crippen LogP contribution in [0.25, 0.3) is 0 Å². The predicted octanol–water partition coefficient (Wildman–Crippen LogP) is 5.84. The maximum atomic E-state index is 12.7. The minimum absolute atomic E-state index is 0.271. The third-order valence-electron chi connectivity index (χ3n) is 7.90. The molecule has 0 amide bonds. The van der Waals surface area contributed by atoms with Gasteiger partial charge in [0.15, 0.2) is 0 Å². The summed E-state index contributed by atoms with van der Waals surface area (Å²) in [7, 11) is 0. The summed E-state index contributed by atoms with van der Waals surface area (Å²) in [5.74, 6) is -0.922. The maximum Gasteiger partial charge on any atom is 0.129 e. The Morgan fingerprint density at radius 2 is 0.906 bits per heavy atom. The zero-order chi connectivity index (χ0) is 25.6. The Kier molecular flexibility index (Phi) is 7.94. The third kappa shape index (κ3) is 5.28. The first kappa shape index (κ1) is 28.8. The van der Waals surface area contributed by atoms with Gasteiger partial charge < -0.3 is 21.1 Å². The number of hydrogen-bond acceptors (Lipinski definition) is 4. The van der Waals surface area contributed by atoms with Crippen LogP contribution in [0.5, 0.6) is 0 Å². The van der Waals surface area contributed by atoms with E-state index in [0.717, 1.165) is 23.7 Å². The summed E-state index contributed by atoms with van der Waals surface area (Å²) in [6.45, 7) is 25.3. The molecular formula is C28H50N2O2. The molecule has 4 nitrogen and oxygen atoms in total. The highest BCUT2D eigenvalue weighted by molar-refractivity contribution is 5.65. The largest absolute Gasteiger partial charge is 0.324 e. The van der Waals surface area contributed by atoms with Crippen molar-refractivity contribution in [3.8, 4) is 0 Å². The minimum Gasteiger partial charge on any atom is -0.324 e. The highest BCUT2D eigenvalue weighted by Gasteiger charge is 2.51. The second-order valence-electron chi connectivity index (χ2n) is 14.0. The molecule has 1 aliphatic carbocycles. The first-order valence-electron chi connectivity index (χ1n) is 12.0. The zero-order valence-corrected chi connectivity index (χ0v) is 22.8. The number of carbonyl (C=O) groups is 2. The van der Waals surface area contributed by atoms with Crippen LogP contribution in [0.3, 0.4) is 0 Å². The van der Waals surface area contributed by atoms with Crippen LogP contribution in [0.1, 0.15) is 95.9 Å². The van der Waals surface area contributed by atoms with Crippen LogP contribution in [0.4, 0.5) is 0 Å². The molecule has 0 aliphatic heterocycles. The van der Waals surface area contributed by atoms with Crippen LogP contribution in [0, 0.1) is 33.5 Å². The molecule has 184 valence electrons. The van der Waals surface area contributed by atoms with E-state index in [1.165, 1.54) is 0 Å². The van der Waals surface area contributed by atoms with Crippen molar-refractivity contribution in [3.05, 3.63) is 23.3 Å². The summed E-state index contributed by atoms with van der Waals surface area (Å²) in [6, 6.07) is 0. The first-order valence-corrected chi connectivity index (χ1v) is 12.0. The molecule has 32 heavy (non-hydrogen) atoms.